The maximum absolute atomic E-state index is 5.58. The zero-order valence-corrected chi connectivity index (χ0v) is 10.6. The molecule has 1 aliphatic rings. The Labute approximate surface area is 98.4 Å². The smallest absolute Gasteiger partial charge is 0.117 e. The summed E-state index contributed by atoms with van der Waals surface area (Å²) in [7, 11) is 0. The molecule has 2 heteroatoms. The molecule has 90 valence electrons. The van der Waals surface area contributed by atoms with E-state index in [0.717, 1.165) is 29.9 Å². The normalized spacial score (nSPS) is 30.6. The molecule has 1 saturated carbocycles. The second kappa shape index (κ2) is 5.05. The fourth-order valence-electron chi connectivity index (χ4n) is 2.88. The van der Waals surface area contributed by atoms with Gasteiger partial charge in [-0.1, -0.05) is 20.3 Å². The van der Waals surface area contributed by atoms with E-state index in [1.165, 1.54) is 19.3 Å². The van der Waals surface area contributed by atoms with Gasteiger partial charge >= 0.3 is 0 Å². The van der Waals surface area contributed by atoms with E-state index < -0.39 is 0 Å². The summed E-state index contributed by atoms with van der Waals surface area (Å²) in [4.78, 5) is 0. The van der Waals surface area contributed by atoms with Crippen LogP contribution in [0.15, 0.2) is 16.5 Å². The van der Waals surface area contributed by atoms with Crippen molar-refractivity contribution in [1.82, 2.24) is 5.32 Å². The minimum absolute atomic E-state index is 0.652. The molecule has 0 amide bonds. The van der Waals surface area contributed by atoms with E-state index in [2.05, 4.69) is 25.2 Å². The van der Waals surface area contributed by atoms with Gasteiger partial charge in [0.1, 0.15) is 11.5 Å². The number of hydrogen-bond acceptors (Lipinski definition) is 2. The van der Waals surface area contributed by atoms with Crippen LogP contribution in [0.3, 0.4) is 0 Å². The molecule has 1 N–H and O–H groups in total. The van der Waals surface area contributed by atoms with Crippen LogP contribution < -0.4 is 5.32 Å². The lowest BCUT2D eigenvalue weighted by Gasteiger charge is -2.35. The summed E-state index contributed by atoms with van der Waals surface area (Å²) in [6.45, 7) is 7.59. The summed E-state index contributed by atoms with van der Waals surface area (Å²) in [5.74, 6) is 3.64. The summed E-state index contributed by atoms with van der Waals surface area (Å²) in [5.41, 5.74) is 0. The van der Waals surface area contributed by atoms with Gasteiger partial charge < -0.3 is 9.73 Å². The predicted molar refractivity (Wildman–Crippen MR) is 66.3 cm³/mol. The third kappa shape index (κ3) is 2.67. The van der Waals surface area contributed by atoms with E-state index in [-0.39, 0.29) is 0 Å². The molecule has 1 aliphatic carbocycles. The van der Waals surface area contributed by atoms with Crippen molar-refractivity contribution in [1.29, 1.82) is 0 Å². The molecular weight excluding hydrogens is 198 g/mol. The number of hydrogen-bond donors (Lipinski definition) is 1. The van der Waals surface area contributed by atoms with E-state index in [4.69, 9.17) is 4.42 Å². The van der Waals surface area contributed by atoms with Crippen molar-refractivity contribution in [3.8, 4) is 0 Å². The van der Waals surface area contributed by atoms with Gasteiger partial charge in [-0.25, -0.2) is 0 Å². The Morgan fingerprint density at radius 3 is 2.50 bits per heavy atom. The molecule has 1 fully saturated rings. The Morgan fingerprint density at radius 2 is 1.94 bits per heavy atom. The molecule has 2 atom stereocenters. The third-order valence-corrected chi connectivity index (χ3v) is 3.85. The maximum Gasteiger partial charge on any atom is 0.117 e. The van der Waals surface area contributed by atoms with Crippen LogP contribution in [0.1, 0.15) is 44.6 Å². The zero-order valence-electron chi connectivity index (χ0n) is 10.6. The van der Waals surface area contributed by atoms with Gasteiger partial charge in [-0.05, 0) is 43.7 Å². The summed E-state index contributed by atoms with van der Waals surface area (Å²) >= 11 is 0. The molecule has 0 aromatic carbocycles. The Hall–Kier alpha value is -0.760. The van der Waals surface area contributed by atoms with Crippen molar-refractivity contribution in [2.24, 2.45) is 11.8 Å². The number of aryl methyl sites for hydroxylation is 1. The van der Waals surface area contributed by atoms with Crippen LogP contribution in [0.2, 0.25) is 0 Å². The van der Waals surface area contributed by atoms with Crippen molar-refractivity contribution in [3.05, 3.63) is 23.7 Å². The standard InChI is InChI=1S/C14H23NO/c1-10-5-4-6-11(2)14(10)15-9-13-8-7-12(3)16-13/h7-8,10-11,14-15H,4-6,9H2,1-3H3. The number of rotatable bonds is 3. The molecule has 1 aromatic rings. The molecule has 0 radical (unpaired) electrons. The topological polar surface area (TPSA) is 25.2 Å². The Balaban J connectivity index is 1.88. The largest absolute Gasteiger partial charge is 0.465 e. The van der Waals surface area contributed by atoms with Crippen molar-refractivity contribution in [2.75, 3.05) is 0 Å². The molecule has 0 bridgehead atoms. The van der Waals surface area contributed by atoms with Gasteiger partial charge in [-0.15, -0.1) is 0 Å². The van der Waals surface area contributed by atoms with Gasteiger partial charge in [0.05, 0.1) is 6.54 Å². The first-order chi connectivity index (χ1) is 7.66. The molecule has 0 spiro atoms. The van der Waals surface area contributed by atoms with Crippen LogP contribution in [0.5, 0.6) is 0 Å². The summed E-state index contributed by atoms with van der Waals surface area (Å²) in [5, 5.41) is 3.66. The summed E-state index contributed by atoms with van der Waals surface area (Å²) < 4.78 is 5.58. The zero-order chi connectivity index (χ0) is 11.5. The quantitative estimate of drug-likeness (QED) is 0.845. The highest BCUT2D eigenvalue weighted by molar-refractivity contribution is 5.05. The van der Waals surface area contributed by atoms with E-state index in [9.17, 15) is 0 Å². The first-order valence-electron chi connectivity index (χ1n) is 6.45. The van der Waals surface area contributed by atoms with Crippen LogP contribution in [-0.2, 0) is 6.54 Å². The van der Waals surface area contributed by atoms with Crippen LogP contribution in [0.4, 0.5) is 0 Å². The van der Waals surface area contributed by atoms with Crippen molar-refractivity contribution >= 4 is 0 Å². The lowest BCUT2D eigenvalue weighted by molar-refractivity contribution is 0.204. The third-order valence-electron chi connectivity index (χ3n) is 3.85. The Bertz CT molecular complexity index is 321. The molecule has 2 rings (SSSR count). The highest BCUT2D eigenvalue weighted by Gasteiger charge is 2.27. The highest BCUT2D eigenvalue weighted by Crippen LogP contribution is 2.29. The van der Waals surface area contributed by atoms with Gasteiger partial charge in [-0.3, -0.25) is 0 Å². The first kappa shape index (κ1) is 11.7. The average molecular weight is 221 g/mol. The van der Waals surface area contributed by atoms with Crippen LogP contribution in [0, 0.1) is 18.8 Å². The molecule has 1 aromatic heterocycles. The molecule has 1 heterocycles. The fourth-order valence-corrected chi connectivity index (χ4v) is 2.88. The lowest BCUT2D eigenvalue weighted by Crippen LogP contribution is -2.42. The number of nitrogens with one attached hydrogen (secondary N) is 1. The minimum atomic E-state index is 0.652. The highest BCUT2D eigenvalue weighted by atomic mass is 16.3. The second-order valence-electron chi connectivity index (χ2n) is 5.30. The van der Waals surface area contributed by atoms with Gasteiger partial charge in [-0.2, -0.15) is 0 Å². The van der Waals surface area contributed by atoms with E-state index in [0.29, 0.717) is 6.04 Å². The van der Waals surface area contributed by atoms with Crippen LogP contribution in [0.25, 0.3) is 0 Å². The van der Waals surface area contributed by atoms with Gasteiger partial charge in [0.25, 0.3) is 0 Å². The maximum atomic E-state index is 5.58. The molecule has 2 unspecified atom stereocenters. The lowest BCUT2D eigenvalue weighted by atomic mass is 9.79. The SMILES string of the molecule is Cc1ccc(CNC2C(C)CCCC2C)o1. The van der Waals surface area contributed by atoms with E-state index in [1.54, 1.807) is 0 Å². The molecule has 0 aliphatic heterocycles. The molecule has 0 saturated heterocycles. The number of furan rings is 1. The Kier molecular flexibility index (Phi) is 3.70. The summed E-state index contributed by atoms with van der Waals surface area (Å²) in [6, 6.07) is 4.75. The van der Waals surface area contributed by atoms with E-state index >= 15 is 0 Å². The fraction of sp³-hybridized carbons (Fsp3) is 0.714. The molecular formula is C14H23NO. The van der Waals surface area contributed by atoms with Crippen molar-refractivity contribution in [2.45, 2.75) is 52.6 Å². The molecule has 2 nitrogen and oxygen atoms in total. The Morgan fingerprint density at radius 1 is 1.25 bits per heavy atom. The second-order valence-corrected chi connectivity index (χ2v) is 5.30. The van der Waals surface area contributed by atoms with Gasteiger partial charge in [0, 0.05) is 6.04 Å². The van der Waals surface area contributed by atoms with Crippen molar-refractivity contribution < 1.29 is 4.42 Å². The monoisotopic (exact) mass is 221 g/mol. The van der Waals surface area contributed by atoms with Crippen molar-refractivity contribution in [3.63, 3.8) is 0 Å². The van der Waals surface area contributed by atoms with Gasteiger partial charge in [0.15, 0.2) is 0 Å². The molecule has 16 heavy (non-hydrogen) atoms. The van der Waals surface area contributed by atoms with Crippen LogP contribution in [-0.4, -0.2) is 6.04 Å². The predicted octanol–water partition coefficient (Wildman–Crippen LogP) is 3.50. The van der Waals surface area contributed by atoms with Crippen LogP contribution >= 0.6 is 0 Å². The minimum Gasteiger partial charge on any atom is -0.465 e. The summed E-state index contributed by atoms with van der Waals surface area (Å²) in [6.07, 6.45) is 4.11. The van der Waals surface area contributed by atoms with E-state index in [1.807, 2.05) is 13.0 Å². The van der Waals surface area contributed by atoms with Gasteiger partial charge in [0.2, 0.25) is 0 Å². The first-order valence-corrected chi connectivity index (χ1v) is 6.45. The average Bonchev–Trinajstić information content (AvgIpc) is 2.63.